The van der Waals surface area contributed by atoms with Crippen LogP contribution in [0.25, 0.3) is 22.3 Å². The number of hydrogen-bond donors (Lipinski definition) is 11. The molecule has 0 spiro atoms. The third kappa shape index (κ3) is 10.8. The van der Waals surface area contributed by atoms with E-state index in [-0.39, 0.29) is 45.3 Å². The van der Waals surface area contributed by atoms with Gasteiger partial charge < -0.3 is 69.0 Å². The zero-order valence-corrected chi connectivity index (χ0v) is 38.2. The van der Waals surface area contributed by atoms with Crippen LogP contribution >= 0.6 is 23.0 Å². The van der Waals surface area contributed by atoms with Crippen molar-refractivity contribution in [1.29, 1.82) is 0 Å². The van der Waals surface area contributed by atoms with Crippen LogP contribution in [0, 0.1) is 10.1 Å². The SMILES string of the molecule is COc1cc(COC(=O)Nc2nc3c(c(=O)[nH]2)n(C)c[n+]3[C@@H]2O[C@H](COP(=O)(O)CP(=O)(O)OP(=O)(O)OC[C@H]3O[C@@H](n4cnc5c(=O)[nH]c(N)nc54)C(O)[C@H]3O)C(O)[C@@H]2O)c([N+](=O)[O-])cc1OC. The van der Waals surface area contributed by atoms with Gasteiger partial charge in [0.25, 0.3) is 22.8 Å². The number of aliphatic hydroxyl groups is 4. The van der Waals surface area contributed by atoms with E-state index in [9.17, 15) is 73.3 Å². The van der Waals surface area contributed by atoms with Crippen LogP contribution in [0.3, 0.4) is 0 Å². The number of hydrogen-bond acceptors (Lipinski definition) is 24. The molecule has 5 aromatic rings. The number of nitrogens with two attached hydrogens (primary N) is 1. The number of aryl methyl sites for hydroxylation is 1. The van der Waals surface area contributed by atoms with Crippen molar-refractivity contribution < 1.29 is 100 Å². The first-order chi connectivity index (χ1) is 32.3. The smallest absolute Gasteiger partial charge is 0.479 e. The summed E-state index contributed by atoms with van der Waals surface area (Å²) in [5, 5.41) is 56.8. The van der Waals surface area contributed by atoms with E-state index in [1.54, 1.807) is 0 Å². The van der Waals surface area contributed by atoms with Gasteiger partial charge in [0.15, 0.2) is 41.1 Å². The number of anilines is 2. The Hall–Kier alpha value is -5.80. The number of nitrogens with zero attached hydrogens (tertiary/aromatic N) is 7. The molecule has 376 valence electrons. The number of phosphoric acid groups is 1. The van der Waals surface area contributed by atoms with Gasteiger partial charge >= 0.3 is 34.8 Å². The predicted octanol–water partition coefficient (Wildman–Crippen LogP) is -2.34. The molecule has 7 rings (SSSR count). The lowest BCUT2D eigenvalue weighted by atomic mass is 10.1. The van der Waals surface area contributed by atoms with Crippen LogP contribution in [0.5, 0.6) is 11.5 Å². The summed E-state index contributed by atoms with van der Waals surface area (Å²) < 4.78 is 82.2. The summed E-state index contributed by atoms with van der Waals surface area (Å²) in [6.07, 6.45) is -12.9. The molecule has 34 nitrogen and oxygen atoms in total. The Bertz CT molecular complexity index is 3070. The Morgan fingerprint density at radius 2 is 1.59 bits per heavy atom. The number of ether oxygens (including phenoxy) is 5. The number of nitro groups is 1. The van der Waals surface area contributed by atoms with E-state index in [2.05, 4.69) is 39.1 Å². The molecule has 1 amide bonds. The largest absolute Gasteiger partial charge is 0.493 e. The number of nitrogen functional groups attached to an aromatic ring is 1. The molecule has 2 aliphatic rings. The topological polar surface area (TPSA) is 483 Å². The fourth-order valence-corrected chi connectivity index (χ4v) is 12.1. The lowest BCUT2D eigenvalue weighted by molar-refractivity contribution is -0.745. The molecule has 5 unspecified atom stereocenters. The first-order valence-corrected chi connectivity index (χ1v) is 24.4. The maximum atomic E-state index is 13.1. The van der Waals surface area contributed by atoms with Gasteiger partial charge in [-0.05, 0) is 6.07 Å². The van der Waals surface area contributed by atoms with Crippen molar-refractivity contribution in [3.05, 3.63) is 61.2 Å². The van der Waals surface area contributed by atoms with E-state index in [1.165, 1.54) is 38.2 Å². The zero-order valence-electron chi connectivity index (χ0n) is 35.5. The number of fused-ring (bicyclic) bond motifs is 2. The fourth-order valence-electron chi connectivity index (χ4n) is 7.13. The number of amides is 1. The molecule has 0 radical (unpaired) electrons. The molecular weight excluding hydrogens is 999 g/mol. The van der Waals surface area contributed by atoms with Gasteiger partial charge in [-0.3, -0.25) is 52.5 Å². The van der Waals surface area contributed by atoms with Crippen LogP contribution in [-0.2, 0) is 54.9 Å². The van der Waals surface area contributed by atoms with Gasteiger partial charge in [0, 0.05) is 0 Å². The van der Waals surface area contributed by atoms with Crippen molar-refractivity contribution in [2.45, 2.75) is 55.7 Å². The maximum Gasteiger partial charge on any atom is 0.479 e. The molecule has 2 fully saturated rings. The van der Waals surface area contributed by atoms with Gasteiger partial charge in [0.05, 0.1) is 57.4 Å². The van der Waals surface area contributed by atoms with Crippen LogP contribution < -0.4 is 36.2 Å². The number of nitro benzene ring substituents is 1. The van der Waals surface area contributed by atoms with Gasteiger partial charge in [0.2, 0.25) is 17.7 Å². The number of carbonyl (C=O) groups is 1. The van der Waals surface area contributed by atoms with Crippen molar-refractivity contribution >= 4 is 69.0 Å². The van der Waals surface area contributed by atoms with Gasteiger partial charge in [-0.1, -0.05) is 4.98 Å². The molecule has 0 bridgehead atoms. The minimum absolute atomic E-state index is 0.0354. The van der Waals surface area contributed by atoms with Crippen LogP contribution in [0.4, 0.5) is 22.4 Å². The monoisotopic (exact) mass is 1040 g/mol. The number of carbonyl (C=O) groups excluding carboxylic acids is 1. The van der Waals surface area contributed by atoms with Gasteiger partial charge in [-0.25, -0.2) is 28.5 Å². The highest BCUT2D eigenvalue weighted by molar-refractivity contribution is 7.74. The predicted molar refractivity (Wildman–Crippen MR) is 223 cm³/mol. The molecule has 2 saturated heterocycles. The number of imidazole rings is 2. The molecule has 2 aliphatic heterocycles. The Morgan fingerprint density at radius 1 is 0.942 bits per heavy atom. The van der Waals surface area contributed by atoms with E-state index in [1.807, 2.05) is 0 Å². The minimum atomic E-state index is -5.65. The van der Waals surface area contributed by atoms with E-state index in [0.717, 1.165) is 21.5 Å². The van der Waals surface area contributed by atoms with Crippen LogP contribution in [0.15, 0.2) is 34.4 Å². The number of methoxy groups -OCH3 is 2. The molecular formula is C32H41N11O23P3+. The molecule has 0 aliphatic carbocycles. The van der Waals surface area contributed by atoms with Crippen LogP contribution in [0.1, 0.15) is 18.0 Å². The Kier molecular flexibility index (Phi) is 14.5. The summed E-state index contributed by atoms with van der Waals surface area (Å²) in [7, 11) is -12.7. The molecule has 1 aromatic carbocycles. The quantitative estimate of drug-likeness (QED) is 0.0189. The summed E-state index contributed by atoms with van der Waals surface area (Å²) in [6, 6.07) is 2.28. The summed E-state index contributed by atoms with van der Waals surface area (Å²) in [5.74, 6) is -2.56. The first-order valence-electron chi connectivity index (χ1n) is 19.4. The van der Waals surface area contributed by atoms with Crippen LogP contribution in [-0.4, -0.2) is 150 Å². The highest BCUT2D eigenvalue weighted by atomic mass is 31.3. The lowest BCUT2D eigenvalue weighted by Gasteiger charge is -2.21. The number of aliphatic hydroxyl groups excluding tert-OH is 4. The van der Waals surface area contributed by atoms with E-state index >= 15 is 0 Å². The number of H-pyrrole nitrogens is 2. The highest BCUT2D eigenvalue weighted by Crippen LogP contribution is 2.66. The zero-order chi connectivity index (χ0) is 50.5. The van der Waals surface area contributed by atoms with Gasteiger partial charge in [-0.2, -0.15) is 4.98 Å². The highest BCUT2D eigenvalue weighted by Gasteiger charge is 2.50. The average molecular weight is 1040 g/mol. The molecule has 6 heterocycles. The Morgan fingerprint density at radius 3 is 2.28 bits per heavy atom. The number of rotatable bonds is 18. The third-order valence-electron chi connectivity index (χ3n) is 10.2. The van der Waals surface area contributed by atoms with Crippen molar-refractivity contribution in [1.82, 2.24) is 34.1 Å². The van der Waals surface area contributed by atoms with E-state index in [0.29, 0.717) is 0 Å². The summed E-state index contributed by atoms with van der Waals surface area (Å²) in [4.78, 5) is 96.4. The Labute approximate surface area is 382 Å². The van der Waals surface area contributed by atoms with E-state index in [4.69, 9.17) is 33.9 Å². The number of phosphoric ester groups is 1. The van der Waals surface area contributed by atoms with Crippen LogP contribution in [0.2, 0.25) is 0 Å². The second-order valence-electron chi connectivity index (χ2n) is 14.9. The minimum Gasteiger partial charge on any atom is -0.493 e. The lowest BCUT2D eigenvalue weighted by Crippen LogP contribution is -2.46. The number of aromatic amines is 2. The first kappa shape index (κ1) is 51.1. The van der Waals surface area contributed by atoms with Gasteiger partial charge in [-0.15, -0.1) is 0 Å². The molecule has 69 heavy (non-hydrogen) atoms. The molecule has 0 saturated carbocycles. The normalized spacial score (nSPS) is 25.2. The summed E-state index contributed by atoms with van der Waals surface area (Å²) in [6.45, 7) is -2.82. The maximum absolute atomic E-state index is 13.1. The number of aromatic nitrogens is 8. The second-order valence-corrected chi connectivity index (χ2v) is 20.7. The van der Waals surface area contributed by atoms with Crippen molar-refractivity contribution in [3.8, 4) is 11.5 Å². The number of benzene rings is 1. The molecule has 4 aromatic heterocycles. The fraction of sp³-hybridized carbons (Fsp3) is 0.469. The summed E-state index contributed by atoms with van der Waals surface area (Å²) >= 11 is 0. The molecule has 11 atom stereocenters. The van der Waals surface area contributed by atoms with Crippen molar-refractivity contribution in [2.24, 2.45) is 7.05 Å². The van der Waals surface area contributed by atoms with Crippen molar-refractivity contribution in [2.75, 3.05) is 44.4 Å². The van der Waals surface area contributed by atoms with E-state index < -0.39 is 132 Å². The molecule has 12 N–H and O–H groups in total. The van der Waals surface area contributed by atoms with Crippen molar-refractivity contribution in [3.63, 3.8) is 0 Å². The van der Waals surface area contributed by atoms with Gasteiger partial charge in [0.1, 0.15) is 43.2 Å². The number of nitrogens with one attached hydrogen (secondary N) is 3. The summed E-state index contributed by atoms with van der Waals surface area (Å²) in [5.41, 5.74) is 2.61. The third-order valence-corrected chi connectivity index (χ3v) is 16.0. The standard InChI is InChI=1S/C32H40N11O23P3/c1-40-10-42(25-19(40)27(49)38-31(36-25)39-32(50)61-6-12-4-14(59-2)15(60-3)5-13(12)43(51)52)29-23(47)20(44)16(65-29)7-62-67(53,54)11-68(55,56)66-69(57,58)63-8-17-21(45)22(46)28(64-17)41-9-34-18-24(41)35-30(33)37-26(18)48/h4-5,9-10,16-17,20-23,28-29,44-47H,6-8,11H2,1-3H3,(H7-,33,35,36,37,38,39,48,49,50,53,54,55,56,57,58)/p+1/t16-,17-,20?,21+,22?,23+,28-,29-/m1/s1. The Balaban J connectivity index is 0.953. The average Bonchev–Trinajstić information content (AvgIpc) is 3.99. The molecule has 37 heteroatoms. The second kappa shape index (κ2) is 19.5.